The lowest BCUT2D eigenvalue weighted by Crippen LogP contribution is -2.31. The van der Waals surface area contributed by atoms with Crippen molar-refractivity contribution >= 4 is 5.57 Å². The molecule has 120 valence electrons. The first-order valence-electron chi connectivity index (χ1n) is 8.34. The number of allylic oxidation sites excluding steroid dienone is 1. The third-order valence-corrected chi connectivity index (χ3v) is 5.19. The van der Waals surface area contributed by atoms with E-state index in [9.17, 15) is 5.11 Å². The van der Waals surface area contributed by atoms with Crippen LogP contribution in [0.4, 0.5) is 0 Å². The van der Waals surface area contributed by atoms with Gasteiger partial charge in [0.05, 0.1) is 6.10 Å². The maximum absolute atomic E-state index is 10.1. The lowest BCUT2D eigenvalue weighted by atomic mass is 9.77. The van der Waals surface area contributed by atoms with Gasteiger partial charge in [-0.05, 0) is 55.4 Å². The SMILES string of the molecule is CC[C@]1(c2ccc3c(c2)OC(C)(C)C=C3C(C)(C)C)CC1O. The quantitative estimate of drug-likeness (QED) is 0.858. The number of benzene rings is 1. The first-order valence-corrected chi connectivity index (χ1v) is 8.34. The molecule has 1 unspecified atom stereocenters. The van der Waals surface area contributed by atoms with Gasteiger partial charge in [0.15, 0.2) is 0 Å². The minimum atomic E-state index is -0.296. The van der Waals surface area contributed by atoms with Crippen molar-refractivity contribution in [1.82, 2.24) is 0 Å². The second-order valence-electron chi connectivity index (χ2n) is 8.45. The van der Waals surface area contributed by atoms with Gasteiger partial charge >= 0.3 is 0 Å². The zero-order valence-electron chi connectivity index (χ0n) is 14.7. The van der Waals surface area contributed by atoms with E-state index >= 15 is 0 Å². The van der Waals surface area contributed by atoms with Crippen LogP contribution in [0.2, 0.25) is 0 Å². The number of fused-ring (bicyclic) bond motifs is 1. The van der Waals surface area contributed by atoms with Crippen LogP contribution in [-0.2, 0) is 5.41 Å². The van der Waals surface area contributed by atoms with Crippen molar-refractivity contribution in [3.8, 4) is 5.75 Å². The Morgan fingerprint density at radius 3 is 2.41 bits per heavy atom. The maximum atomic E-state index is 10.1. The average molecular weight is 300 g/mol. The highest BCUT2D eigenvalue weighted by atomic mass is 16.5. The molecular formula is C20H28O2. The second-order valence-corrected chi connectivity index (χ2v) is 8.45. The number of aliphatic hydroxyl groups is 1. The first kappa shape index (κ1) is 15.6. The molecule has 1 saturated carbocycles. The second kappa shape index (κ2) is 4.61. The molecule has 3 rings (SSSR count). The summed E-state index contributed by atoms with van der Waals surface area (Å²) >= 11 is 0. The van der Waals surface area contributed by atoms with Crippen LogP contribution < -0.4 is 4.74 Å². The summed E-state index contributed by atoms with van der Waals surface area (Å²) in [5.41, 5.74) is 3.48. The van der Waals surface area contributed by atoms with E-state index in [0.717, 1.165) is 18.6 Å². The van der Waals surface area contributed by atoms with Crippen LogP contribution in [0.3, 0.4) is 0 Å². The van der Waals surface area contributed by atoms with E-state index in [1.807, 2.05) is 0 Å². The largest absolute Gasteiger partial charge is 0.483 e. The van der Waals surface area contributed by atoms with Gasteiger partial charge in [0.25, 0.3) is 0 Å². The highest BCUT2D eigenvalue weighted by Crippen LogP contribution is 2.53. The van der Waals surface area contributed by atoms with Crippen molar-refractivity contribution in [2.75, 3.05) is 0 Å². The molecule has 2 nitrogen and oxygen atoms in total. The number of rotatable bonds is 2. The topological polar surface area (TPSA) is 29.5 Å². The van der Waals surface area contributed by atoms with E-state index in [1.165, 1.54) is 16.7 Å². The van der Waals surface area contributed by atoms with E-state index < -0.39 is 0 Å². The summed E-state index contributed by atoms with van der Waals surface area (Å²) in [6.45, 7) is 13.1. The van der Waals surface area contributed by atoms with Crippen LogP contribution in [0, 0.1) is 5.41 Å². The predicted octanol–water partition coefficient (Wildman–Crippen LogP) is 4.70. The van der Waals surface area contributed by atoms with Gasteiger partial charge in [-0.15, -0.1) is 0 Å². The Balaban J connectivity index is 2.09. The number of aliphatic hydroxyl groups excluding tert-OH is 1. The zero-order valence-corrected chi connectivity index (χ0v) is 14.7. The van der Waals surface area contributed by atoms with Gasteiger partial charge in [0.2, 0.25) is 0 Å². The minimum absolute atomic E-state index is 0.0500. The predicted molar refractivity (Wildman–Crippen MR) is 91.2 cm³/mol. The Hall–Kier alpha value is -1.28. The van der Waals surface area contributed by atoms with Crippen molar-refractivity contribution in [2.45, 2.75) is 71.5 Å². The van der Waals surface area contributed by atoms with Crippen LogP contribution in [0.15, 0.2) is 24.3 Å². The third-order valence-electron chi connectivity index (χ3n) is 5.19. The Bertz CT molecular complexity index is 630. The fourth-order valence-electron chi connectivity index (χ4n) is 3.68. The van der Waals surface area contributed by atoms with Crippen LogP contribution in [-0.4, -0.2) is 16.8 Å². The molecular weight excluding hydrogens is 272 g/mol. The number of hydrogen-bond donors (Lipinski definition) is 1. The Morgan fingerprint density at radius 2 is 1.91 bits per heavy atom. The average Bonchev–Trinajstić information content (AvgIpc) is 3.07. The molecule has 2 atom stereocenters. The van der Waals surface area contributed by atoms with E-state index in [0.29, 0.717) is 0 Å². The minimum Gasteiger partial charge on any atom is -0.483 e. The smallest absolute Gasteiger partial charge is 0.128 e. The van der Waals surface area contributed by atoms with Gasteiger partial charge in [-0.1, -0.05) is 39.8 Å². The monoisotopic (exact) mass is 300 g/mol. The van der Waals surface area contributed by atoms with Gasteiger partial charge in [-0.2, -0.15) is 0 Å². The summed E-state index contributed by atoms with van der Waals surface area (Å²) in [6, 6.07) is 6.52. The van der Waals surface area contributed by atoms with E-state index in [1.54, 1.807) is 0 Å². The molecule has 0 saturated heterocycles. The molecule has 1 aliphatic heterocycles. The molecule has 0 radical (unpaired) electrons. The van der Waals surface area contributed by atoms with Crippen molar-refractivity contribution in [2.24, 2.45) is 5.41 Å². The lowest BCUT2D eigenvalue weighted by molar-refractivity contribution is 0.155. The number of hydrogen-bond acceptors (Lipinski definition) is 2. The zero-order chi connectivity index (χ0) is 16.3. The molecule has 22 heavy (non-hydrogen) atoms. The van der Waals surface area contributed by atoms with Gasteiger partial charge in [-0.25, -0.2) is 0 Å². The molecule has 0 spiro atoms. The Morgan fingerprint density at radius 1 is 1.27 bits per heavy atom. The summed E-state index contributed by atoms with van der Waals surface area (Å²) < 4.78 is 6.23. The van der Waals surface area contributed by atoms with Crippen molar-refractivity contribution in [1.29, 1.82) is 0 Å². The standard InChI is InChI=1S/C20H28O2/c1-7-20(12-17(20)21)13-8-9-14-15(18(2,3)4)11-19(5,6)22-16(14)10-13/h8-11,17,21H,7,12H2,1-6H3/t17?,20-/m1/s1. The van der Waals surface area contributed by atoms with Gasteiger partial charge in [0.1, 0.15) is 11.4 Å². The molecule has 0 bridgehead atoms. The highest BCUT2D eigenvalue weighted by Gasteiger charge is 2.53. The fraction of sp³-hybridized carbons (Fsp3) is 0.600. The third kappa shape index (κ3) is 2.38. The summed E-state index contributed by atoms with van der Waals surface area (Å²) in [5, 5.41) is 10.1. The molecule has 0 amide bonds. The van der Waals surface area contributed by atoms with E-state index in [-0.39, 0.29) is 22.5 Å². The van der Waals surface area contributed by atoms with Crippen LogP contribution in [0.25, 0.3) is 5.57 Å². The summed E-state index contributed by atoms with van der Waals surface area (Å²) in [4.78, 5) is 0. The molecule has 1 aromatic carbocycles. The molecule has 1 aliphatic carbocycles. The van der Waals surface area contributed by atoms with Crippen LogP contribution in [0.5, 0.6) is 5.75 Å². The van der Waals surface area contributed by atoms with Crippen molar-refractivity contribution in [3.63, 3.8) is 0 Å². The molecule has 1 aromatic rings. The Kier molecular flexibility index (Phi) is 3.27. The normalized spacial score (nSPS) is 29.4. The summed E-state index contributed by atoms with van der Waals surface area (Å²) in [6.07, 6.45) is 3.88. The molecule has 0 aromatic heterocycles. The fourth-order valence-corrected chi connectivity index (χ4v) is 3.68. The summed E-state index contributed by atoms with van der Waals surface area (Å²) in [5.74, 6) is 0.960. The molecule has 1 N–H and O–H groups in total. The van der Waals surface area contributed by atoms with Crippen molar-refractivity contribution in [3.05, 3.63) is 35.4 Å². The van der Waals surface area contributed by atoms with Crippen LogP contribution >= 0.6 is 0 Å². The first-order chi connectivity index (χ1) is 10.1. The van der Waals surface area contributed by atoms with Crippen LogP contribution in [0.1, 0.15) is 65.5 Å². The highest BCUT2D eigenvalue weighted by molar-refractivity contribution is 5.77. The molecule has 2 heteroatoms. The van der Waals surface area contributed by atoms with Gasteiger partial charge in [-0.3, -0.25) is 0 Å². The van der Waals surface area contributed by atoms with E-state index in [2.05, 4.69) is 65.8 Å². The Labute approximate surface area is 134 Å². The maximum Gasteiger partial charge on any atom is 0.128 e. The molecule has 1 heterocycles. The van der Waals surface area contributed by atoms with Gasteiger partial charge in [0, 0.05) is 11.0 Å². The van der Waals surface area contributed by atoms with E-state index in [4.69, 9.17) is 4.74 Å². The summed E-state index contributed by atoms with van der Waals surface area (Å²) in [7, 11) is 0. The van der Waals surface area contributed by atoms with Crippen molar-refractivity contribution < 1.29 is 9.84 Å². The molecule has 2 aliphatic rings. The molecule has 1 fully saturated rings. The lowest BCUT2D eigenvalue weighted by Gasteiger charge is -2.36. The van der Waals surface area contributed by atoms with Gasteiger partial charge < -0.3 is 9.84 Å². The number of ether oxygens (including phenoxy) is 1.